The van der Waals surface area contributed by atoms with E-state index in [1.165, 1.54) is 27.1 Å². The van der Waals surface area contributed by atoms with Crippen LogP contribution in [0.25, 0.3) is 4.96 Å². The minimum atomic E-state index is -0.0790. The summed E-state index contributed by atoms with van der Waals surface area (Å²) in [5.74, 6) is 2.64. The number of aromatic hydroxyl groups is 1. The largest absolute Gasteiger partial charge is 0.493 e. The smallest absolute Gasteiger partial charge is 0.235 e. The number of rotatable bonds is 6. The monoisotopic (exact) mass is 419 g/mol. The SMILES string of the molecule is COc1cc([C@@H](c2sc3ncnn3c2O)[NH+]2CCC(C)CC2)cc(OC)c1OC. The van der Waals surface area contributed by atoms with Gasteiger partial charge in [0, 0.05) is 5.56 Å². The third-order valence-electron chi connectivity index (χ3n) is 5.75. The quantitative estimate of drug-likeness (QED) is 0.635. The van der Waals surface area contributed by atoms with E-state index in [-0.39, 0.29) is 11.9 Å². The Kier molecular flexibility index (Phi) is 5.51. The summed E-state index contributed by atoms with van der Waals surface area (Å²) >= 11 is 1.47. The number of aromatic nitrogens is 3. The third kappa shape index (κ3) is 3.49. The molecular formula is C20H27N4O4S+. The van der Waals surface area contributed by atoms with Crippen molar-refractivity contribution in [1.82, 2.24) is 14.6 Å². The van der Waals surface area contributed by atoms with Crippen molar-refractivity contribution in [1.29, 1.82) is 0 Å². The van der Waals surface area contributed by atoms with Crippen LogP contribution >= 0.6 is 11.3 Å². The highest BCUT2D eigenvalue weighted by Gasteiger charge is 2.36. The van der Waals surface area contributed by atoms with Crippen molar-refractivity contribution < 1.29 is 24.2 Å². The highest BCUT2D eigenvalue weighted by atomic mass is 32.1. The van der Waals surface area contributed by atoms with Gasteiger partial charge in [0.2, 0.25) is 16.6 Å². The van der Waals surface area contributed by atoms with E-state index in [1.807, 2.05) is 12.1 Å². The van der Waals surface area contributed by atoms with E-state index >= 15 is 0 Å². The lowest BCUT2D eigenvalue weighted by Crippen LogP contribution is -3.13. The summed E-state index contributed by atoms with van der Waals surface area (Å²) in [4.78, 5) is 7.19. The Morgan fingerprint density at radius 3 is 2.34 bits per heavy atom. The maximum absolute atomic E-state index is 10.9. The van der Waals surface area contributed by atoms with Crippen LogP contribution in [0, 0.1) is 5.92 Å². The second-order valence-electron chi connectivity index (χ2n) is 7.48. The summed E-state index contributed by atoms with van der Waals surface area (Å²) in [7, 11) is 4.83. The van der Waals surface area contributed by atoms with Gasteiger partial charge in [0.05, 0.1) is 34.4 Å². The molecule has 1 aliphatic heterocycles. The highest BCUT2D eigenvalue weighted by molar-refractivity contribution is 7.17. The average molecular weight is 420 g/mol. The zero-order chi connectivity index (χ0) is 20.5. The lowest BCUT2D eigenvalue weighted by Gasteiger charge is -2.33. The molecule has 0 radical (unpaired) electrons. The summed E-state index contributed by atoms with van der Waals surface area (Å²) in [6.45, 7) is 4.34. The van der Waals surface area contributed by atoms with Gasteiger partial charge in [-0.1, -0.05) is 18.3 Å². The summed E-state index contributed by atoms with van der Waals surface area (Å²) in [5.41, 5.74) is 1.00. The summed E-state index contributed by atoms with van der Waals surface area (Å²) in [5, 5.41) is 15.1. The second-order valence-corrected chi connectivity index (χ2v) is 8.49. The summed E-state index contributed by atoms with van der Waals surface area (Å²) in [6.07, 6.45) is 3.76. The van der Waals surface area contributed by atoms with Gasteiger partial charge in [0.25, 0.3) is 0 Å². The van der Waals surface area contributed by atoms with Crippen LogP contribution in [0.5, 0.6) is 23.1 Å². The molecule has 29 heavy (non-hydrogen) atoms. The molecule has 0 unspecified atom stereocenters. The van der Waals surface area contributed by atoms with Crippen LogP contribution < -0.4 is 19.1 Å². The summed E-state index contributed by atoms with van der Waals surface area (Å²) in [6, 6.07) is 3.88. The number of nitrogens with one attached hydrogen (secondary N) is 1. The van der Waals surface area contributed by atoms with Crippen LogP contribution in [0.15, 0.2) is 18.5 Å². The molecule has 9 heteroatoms. The molecule has 0 spiro atoms. The number of hydrogen-bond acceptors (Lipinski definition) is 7. The van der Waals surface area contributed by atoms with E-state index < -0.39 is 0 Å². The van der Waals surface area contributed by atoms with Gasteiger partial charge in [0.1, 0.15) is 11.2 Å². The molecule has 1 aromatic carbocycles. The van der Waals surface area contributed by atoms with Crippen molar-refractivity contribution >= 4 is 16.3 Å². The molecule has 2 aromatic heterocycles. The highest BCUT2D eigenvalue weighted by Crippen LogP contribution is 2.42. The molecule has 1 saturated heterocycles. The standard InChI is InChI=1S/C20H26N4O4S/c1-12-5-7-23(8-6-12)16(18-19(25)24-20(29-18)21-11-22-24)13-9-14(26-2)17(28-4)15(10-13)27-3/h9-12,16,25H,5-8H2,1-4H3/p+1/t16-/m0/s1. The van der Waals surface area contributed by atoms with Crippen LogP contribution in [0.2, 0.25) is 0 Å². The van der Waals surface area contributed by atoms with E-state index in [0.717, 1.165) is 42.3 Å². The molecule has 1 fully saturated rings. The summed E-state index contributed by atoms with van der Waals surface area (Å²) < 4.78 is 18.1. The van der Waals surface area contributed by atoms with E-state index in [2.05, 4.69) is 17.0 Å². The van der Waals surface area contributed by atoms with Crippen LogP contribution in [-0.2, 0) is 0 Å². The van der Waals surface area contributed by atoms with Crippen LogP contribution in [-0.4, -0.2) is 54.1 Å². The molecule has 0 saturated carbocycles. The van der Waals surface area contributed by atoms with Gasteiger partial charge >= 0.3 is 0 Å². The predicted molar refractivity (Wildman–Crippen MR) is 110 cm³/mol. The van der Waals surface area contributed by atoms with E-state index in [0.29, 0.717) is 22.2 Å². The Hall–Kier alpha value is -2.52. The van der Waals surface area contributed by atoms with Crippen LogP contribution in [0.3, 0.4) is 0 Å². The molecule has 2 N–H and O–H groups in total. The maximum Gasteiger partial charge on any atom is 0.235 e. The lowest BCUT2D eigenvalue weighted by atomic mass is 9.95. The fourth-order valence-electron chi connectivity index (χ4n) is 4.14. The normalized spacial score (nSPS) is 20.6. The number of thiazole rings is 1. The fraction of sp³-hybridized carbons (Fsp3) is 0.500. The van der Waals surface area contributed by atoms with Gasteiger partial charge in [-0.15, -0.1) is 0 Å². The Bertz CT molecular complexity index is 969. The number of quaternary nitrogens is 1. The van der Waals surface area contributed by atoms with Crippen LogP contribution in [0.1, 0.15) is 36.2 Å². The zero-order valence-electron chi connectivity index (χ0n) is 17.1. The van der Waals surface area contributed by atoms with Crippen molar-refractivity contribution in [3.8, 4) is 23.1 Å². The minimum absolute atomic E-state index is 0.0790. The van der Waals surface area contributed by atoms with Gasteiger partial charge < -0.3 is 24.2 Å². The molecule has 3 heterocycles. The van der Waals surface area contributed by atoms with Crippen molar-refractivity contribution in [2.45, 2.75) is 25.8 Å². The minimum Gasteiger partial charge on any atom is -0.493 e. The Morgan fingerprint density at radius 2 is 1.79 bits per heavy atom. The maximum atomic E-state index is 10.9. The zero-order valence-corrected chi connectivity index (χ0v) is 18.0. The first-order valence-corrected chi connectivity index (χ1v) is 10.5. The Balaban J connectivity index is 1.86. The predicted octanol–water partition coefficient (Wildman–Crippen LogP) is 1.93. The van der Waals surface area contributed by atoms with Crippen LogP contribution in [0.4, 0.5) is 0 Å². The van der Waals surface area contributed by atoms with Gasteiger partial charge in [-0.3, -0.25) is 0 Å². The number of methoxy groups -OCH3 is 3. The fourth-order valence-corrected chi connectivity index (χ4v) is 5.26. The van der Waals surface area contributed by atoms with E-state index in [4.69, 9.17) is 14.2 Å². The number of benzene rings is 1. The van der Waals surface area contributed by atoms with Gasteiger partial charge in [-0.05, 0) is 30.9 Å². The van der Waals surface area contributed by atoms with Crippen molar-refractivity contribution in [2.75, 3.05) is 34.4 Å². The first-order chi connectivity index (χ1) is 14.1. The molecular weight excluding hydrogens is 392 g/mol. The van der Waals surface area contributed by atoms with Gasteiger partial charge in [-0.25, -0.2) is 4.98 Å². The molecule has 156 valence electrons. The van der Waals surface area contributed by atoms with E-state index in [1.54, 1.807) is 21.3 Å². The molecule has 4 rings (SSSR count). The number of likely N-dealkylation sites (tertiary alicyclic amines) is 1. The number of ether oxygens (including phenoxy) is 3. The van der Waals surface area contributed by atoms with Crippen molar-refractivity contribution in [3.63, 3.8) is 0 Å². The van der Waals surface area contributed by atoms with Gasteiger partial charge in [0.15, 0.2) is 17.5 Å². The molecule has 0 bridgehead atoms. The molecule has 8 nitrogen and oxygen atoms in total. The Morgan fingerprint density at radius 1 is 1.14 bits per heavy atom. The van der Waals surface area contributed by atoms with Gasteiger partial charge in [-0.2, -0.15) is 9.61 Å². The number of fused-ring (bicyclic) bond motifs is 1. The second kappa shape index (κ2) is 8.08. The molecule has 0 aliphatic carbocycles. The van der Waals surface area contributed by atoms with Crippen molar-refractivity contribution in [3.05, 3.63) is 28.9 Å². The first kappa shape index (κ1) is 19.8. The van der Waals surface area contributed by atoms with Crippen molar-refractivity contribution in [2.24, 2.45) is 5.92 Å². The topological polar surface area (TPSA) is 82.6 Å². The molecule has 3 aromatic rings. The number of hydrogen-bond donors (Lipinski definition) is 2. The third-order valence-corrected chi connectivity index (χ3v) is 6.85. The number of piperidine rings is 1. The first-order valence-electron chi connectivity index (χ1n) is 9.73. The lowest BCUT2D eigenvalue weighted by molar-refractivity contribution is -0.931. The average Bonchev–Trinajstić information content (AvgIpc) is 3.32. The Labute approximate surface area is 173 Å². The molecule has 1 atom stereocenters. The molecule has 0 amide bonds. The van der Waals surface area contributed by atoms with E-state index in [9.17, 15) is 5.11 Å². The number of nitrogens with zero attached hydrogens (tertiary/aromatic N) is 3. The molecule has 1 aliphatic rings.